The van der Waals surface area contributed by atoms with Crippen LogP contribution in [0.5, 0.6) is 0 Å². The third-order valence-corrected chi connectivity index (χ3v) is 5.85. The number of halogens is 2. The van der Waals surface area contributed by atoms with Crippen LogP contribution in [-0.4, -0.2) is 16.3 Å². The lowest BCUT2D eigenvalue weighted by Gasteiger charge is -2.16. The predicted molar refractivity (Wildman–Crippen MR) is 119 cm³/mol. The van der Waals surface area contributed by atoms with Gasteiger partial charge in [0, 0.05) is 10.0 Å². The Morgan fingerprint density at radius 1 is 0.893 bits per heavy atom. The molecule has 0 aliphatic carbocycles. The Hall–Kier alpha value is -2.27. The van der Waals surface area contributed by atoms with Gasteiger partial charge in [-0.1, -0.05) is 71.4 Å². The molecule has 6 heteroatoms. The van der Waals surface area contributed by atoms with Crippen molar-refractivity contribution in [3.63, 3.8) is 0 Å². The highest BCUT2D eigenvalue weighted by atomic mass is 35.5. The molecule has 0 aromatic heterocycles. The fourth-order valence-electron chi connectivity index (χ4n) is 3.04. The van der Waals surface area contributed by atoms with Crippen LogP contribution in [0.1, 0.15) is 5.56 Å². The van der Waals surface area contributed by atoms with Gasteiger partial charge in [-0.05, 0) is 54.4 Å². The Labute approximate surface area is 178 Å². The number of carbonyl (C=O) groups excluding carboxylic acids is 1. The second-order valence-electron chi connectivity index (χ2n) is 6.33. The maximum Gasteiger partial charge on any atom is 0.247 e. The van der Waals surface area contributed by atoms with Gasteiger partial charge in [0.25, 0.3) is 0 Å². The molecule has 3 nitrogen and oxygen atoms in total. The Bertz CT molecular complexity index is 1000. The summed E-state index contributed by atoms with van der Waals surface area (Å²) in [6.45, 7) is 0. The molecular formula is C22H16Cl2N2OS. The van der Waals surface area contributed by atoms with Crippen LogP contribution in [0, 0.1) is 0 Å². The molecule has 0 N–H and O–H groups in total. The SMILES string of the molecule is O=C1C(Cc2cc(Cl)cc(Cl)c2)SC(=Nc2ccccc2)N1c1ccccc1. The van der Waals surface area contributed by atoms with Crippen molar-refractivity contribution in [2.75, 3.05) is 4.90 Å². The Morgan fingerprint density at radius 3 is 2.14 bits per heavy atom. The predicted octanol–water partition coefficient (Wildman–Crippen LogP) is 6.37. The summed E-state index contributed by atoms with van der Waals surface area (Å²) in [7, 11) is 0. The number of benzene rings is 3. The van der Waals surface area contributed by atoms with Gasteiger partial charge in [-0.3, -0.25) is 9.69 Å². The first-order valence-electron chi connectivity index (χ1n) is 8.74. The monoisotopic (exact) mass is 426 g/mol. The molecule has 1 unspecified atom stereocenters. The average Bonchev–Trinajstić information content (AvgIpc) is 2.97. The van der Waals surface area contributed by atoms with Gasteiger partial charge in [0.2, 0.25) is 5.91 Å². The van der Waals surface area contributed by atoms with Crippen molar-refractivity contribution >= 4 is 57.4 Å². The van der Waals surface area contributed by atoms with Crippen molar-refractivity contribution < 1.29 is 4.79 Å². The maximum atomic E-state index is 13.2. The van der Waals surface area contributed by atoms with E-state index in [0.717, 1.165) is 16.9 Å². The van der Waals surface area contributed by atoms with Crippen molar-refractivity contribution in [3.05, 3.63) is 94.5 Å². The van der Waals surface area contributed by atoms with Crippen LogP contribution in [0.25, 0.3) is 0 Å². The lowest BCUT2D eigenvalue weighted by Crippen LogP contribution is -2.32. The number of anilines is 1. The minimum Gasteiger partial charge on any atom is -0.273 e. The van der Waals surface area contributed by atoms with Gasteiger partial charge in [-0.15, -0.1) is 0 Å². The van der Waals surface area contributed by atoms with Crippen molar-refractivity contribution in [3.8, 4) is 0 Å². The molecule has 1 saturated heterocycles. The molecule has 1 aliphatic heterocycles. The molecule has 140 valence electrons. The van der Waals surface area contributed by atoms with Crippen molar-refractivity contribution in [1.29, 1.82) is 0 Å². The summed E-state index contributed by atoms with van der Waals surface area (Å²) in [5.74, 6) is 0.00183. The molecule has 0 bridgehead atoms. The highest BCUT2D eigenvalue weighted by Crippen LogP contribution is 2.35. The van der Waals surface area contributed by atoms with E-state index in [1.807, 2.05) is 72.8 Å². The summed E-state index contributed by atoms with van der Waals surface area (Å²) < 4.78 is 0. The second kappa shape index (κ2) is 8.39. The number of amides is 1. The van der Waals surface area contributed by atoms with E-state index in [-0.39, 0.29) is 11.2 Å². The summed E-state index contributed by atoms with van der Waals surface area (Å²) in [5.41, 5.74) is 2.55. The summed E-state index contributed by atoms with van der Waals surface area (Å²) >= 11 is 13.7. The number of nitrogens with zero attached hydrogens (tertiary/aromatic N) is 2. The fraction of sp³-hybridized carbons (Fsp3) is 0.0909. The van der Waals surface area contributed by atoms with Crippen LogP contribution in [0.3, 0.4) is 0 Å². The zero-order chi connectivity index (χ0) is 19.5. The molecule has 4 rings (SSSR count). The molecule has 1 atom stereocenters. The summed E-state index contributed by atoms with van der Waals surface area (Å²) in [6.07, 6.45) is 0.529. The second-order valence-corrected chi connectivity index (χ2v) is 8.37. The zero-order valence-corrected chi connectivity index (χ0v) is 17.1. The highest BCUT2D eigenvalue weighted by Gasteiger charge is 2.39. The number of rotatable bonds is 4. The molecule has 1 fully saturated rings. The number of hydrogen-bond donors (Lipinski definition) is 0. The molecule has 3 aromatic carbocycles. The Kier molecular flexibility index (Phi) is 5.72. The van der Waals surface area contributed by atoms with E-state index in [2.05, 4.69) is 0 Å². The van der Waals surface area contributed by atoms with Gasteiger partial charge in [0.1, 0.15) is 0 Å². The number of para-hydroxylation sites is 2. The van der Waals surface area contributed by atoms with Crippen LogP contribution in [0.2, 0.25) is 10.0 Å². The summed E-state index contributed by atoms with van der Waals surface area (Å²) in [5, 5.41) is 1.50. The number of carbonyl (C=O) groups is 1. The number of aliphatic imine (C=N–C) groups is 1. The molecule has 28 heavy (non-hydrogen) atoms. The first-order chi connectivity index (χ1) is 13.6. The average molecular weight is 427 g/mol. The van der Waals surface area contributed by atoms with E-state index in [9.17, 15) is 4.79 Å². The number of thioether (sulfide) groups is 1. The van der Waals surface area contributed by atoms with Crippen molar-refractivity contribution in [2.45, 2.75) is 11.7 Å². The molecule has 0 radical (unpaired) electrons. The lowest BCUT2D eigenvalue weighted by molar-refractivity contribution is -0.116. The highest BCUT2D eigenvalue weighted by molar-refractivity contribution is 8.16. The van der Waals surface area contributed by atoms with E-state index in [1.54, 1.807) is 11.0 Å². The standard InChI is InChI=1S/C22H16Cl2N2OS/c23-16-11-15(12-17(24)14-16)13-20-21(27)26(19-9-5-2-6-10-19)22(28-20)25-18-7-3-1-4-8-18/h1-12,14,20H,13H2. The minimum absolute atomic E-state index is 0.00183. The van der Waals surface area contributed by atoms with Gasteiger partial charge in [-0.2, -0.15) is 0 Å². The molecule has 0 spiro atoms. The fourth-order valence-corrected chi connectivity index (χ4v) is 4.81. The lowest BCUT2D eigenvalue weighted by atomic mass is 10.1. The third-order valence-electron chi connectivity index (χ3n) is 4.27. The van der Waals surface area contributed by atoms with Crippen LogP contribution in [0.4, 0.5) is 11.4 Å². The summed E-state index contributed by atoms with van der Waals surface area (Å²) in [6, 6.07) is 24.6. The first kappa shape index (κ1) is 19.1. The molecule has 1 heterocycles. The van der Waals surface area contributed by atoms with Gasteiger partial charge in [0.15, 0.2) is 5.17 Å². The first-order valence-corrected chi connectivity index (χ1v) is 10.4. The van der Waals surface area contributed by atoms with Gasteiger partial charge in [0.05, 0.1) is 16.6 Å². The van der Waals surface area contributed by atoms with E-state index >= 15 is 0 Å². The molecule has 3 aromatic rings. The van der Waals surface area contributed by atoms with Gasteiger partial charge in [-0.25, -0.2) is 4.99 Å². The third kappa shape index (κ3) is 4.25. The van der Waals surface area contributed by atoms with E-state index < -0.39 is 0 Å². The smallest absolute Gasteiger partial charge is 0.247 e. The van der Waals surface area contributed by atoms with Crippen molar-refractivity contribution in [1.82, 2.24) is 0 Å². The largest absolute Gasteiger partial charge is 0.273 e. The maximum absolute atomic E-state index is 13.2. The van der Waals surface area contributed by atoms with E-state index in [4.69, 9.17) is 28.2 Å². The van der Waals surface area contributed by atoms with Gasteiger partial charge < -0.3 is 0 Å². The number of amidine groups is 1. The summed E-state index contributed by atoms with van der Waals surface area (Å²) in [4.78, 5) is 19.7. The molecular weight excluding hydrogens is 411 g/mol. The number of hydrogen-bond acceptors (Lipinski definition) is 3. The van der Waals surface area contributed by atoms with Crippen LogP contribution >= 0.6 is 35.0 Å². The van der Waals surface area contributed by atoms with Crippen LogP contribution < -0.4 is 4.90 Å². The Balaban J connectivity index is 1.68. The molecule has 1 amide bonds. The molecule has 0 saturated carbocycles. The van der Waals surface area contributed by atoms with Gasteiger partial charge >= 0.3 is 0 Å². The van der Waals surface area contributed by atoms with E-state index in [0.29, 0.717) is 21.6 Å². The Morgan fingerprint density at radius 2 is 1.50 bits per heavy atom. The van der Waals surface area contributed by atoms with E-state index in [1.165, 1.54) is 11.8 Å². The quantitative estimate of drug-likeness (QED) is 0.485. The topological polar surface area (TPSA) is 32.7 Å². The minimum atomic E-state index is -0.294. The van der Waals surface area contributed by atoms with Crippen molar-refractivity contribution in [2.24, 2.45) is 4.99 Å². The molecule has 1 aliphatic rings. The van der Waals surface area contributed by atoms with Crippen LogP contribution in [0.15, 0.2) is 83.9 Å². The zero-order valence-electron chi connectivity index (χ0n) is 14.8. The normalized spacial score (nSPS) is 18.1. The van der Waals surface area contributed by atoms with Crippen LogP contribution in [-0.2, 0) is 11.2 Å².